The van der Waals surface area contributed by atoms with Gasteiger partial charge in [-0.1, -0.05) is 26.0 Å². The van der Waals surface area contributed by atoms with Crippen molar-refractivity contribution in [2.75, 3.05) is 27.0 Å². The average Bonchev–Trinajstić information content (AvgIpc) is 4.14. The van der Waals surface area contributed by atoms with E-state index in [4.69, 9.17) is 14.2 Å². The van der Waals surface area contributed by atoms with E-state index in [1.165, 1.54) is 32.2 Å². The first-order valence-electron chi connectivity index (χ1n) is 21.3. The second-order valence-electron chi connectivity index (χ2n) is 17.9. The number of aromatic nitrogens is 1. The zero-order valence-corrected chi connectivity index (χ0v) is 36.4. The zero-order chi connectivity index (χ0) is 47.4. The minimum atomic E-state index is -5.51. The van der Waals surface area contributed by atoms with Gasteiger partial charge in [0.2, 0.25) is 27.7 Å². The highest BCUT2D eigenvalue weighted by Gasteiger charge is 2.66. The molecule has 2 aromatic rings. The van der Waals surface area contributed by atoms with E-state index in [1.807, 2.05) is 4.72 Å². The van der Waals surface area contributed by atoms with Gasteiger partial charge in [-0.2, -0.15) is 26.3 Å². The molecule has 2 unspecified atom stereocenters. The number of nitrogens with one attached hydrogen (secondary N) is 2. The van der Waals surface area contributed by atoms with Gasteiger partial charge in [-0.15, -0.1) is 0 Å². The van der Waals surface area contributed by atoms with Crippen LogP contribution in [0.25, 0.3) is 10.8 Å². The lowest BCUT2D eigenvalue weighted by Gasteiger charge is -2.43. The summed E-state index contributed by atoms with van der Waals surface area (Å²) in [6.45, 7) is 2.03. The number of alkyl halides is 7. The second kappa shape index (κ2) is 17.7. The van der Waals surface area contributed by atoms with Gasteiger partial charge in [0, 0.05) is 24.3 Å². The van der Waals surface area contributed by atoms with E-state index in [0.29, 0.717) is 25.3 Å². The molecule has 2 saturated carbocycles. The Morgan fingerprint density at radius 2 is 1.82 bits per heavy atom. The summed E-state index contributed by atoms with van der Waals surface area (Å²) in [4.78, 5) is 61.8. The van der Waals surface area contributed by atoms with Gasteiger partial charge in [0.25, 0.3) is 5.91 Å². The molecule has 3 aliphatic heterocycles. The monoisotopic (exact) mass is 949 g/mol. The number of carboxylic acid groups (broad SMARTS) is 1. The molecule has 23 heteroatoms. The summed E-state index contributed by atoms with van der Waals surface area (Å²) in [5, 5.41) is 12.8. The number of halogens is 7. The van der Waals surface area contributed by atoms with E-state index < -0.39 is 123 Å². The number of nitrogens with zero attached hydrogens (tertiary/aromatic N) is 3. The van der Waals surface area contributed by atoms with E-state index in [-0.39, 0.29) is 72.7 Å². The van der Waals surface area contributed by atoms with Crippen LogP contribution in [0.4, 0.5) is 35.5 Å². The number of benzene rings is 1. The SMILES string of the molecule is COc1ccc2c(O[C@@H]3C[C@H]4C(=O)N[C@]5(C(=O)NS(=O)(=O)C6(CF)CC6)C[C@H]5/C=C\CC[C@@H](C)C[C@@H](C)[C@H](N(C(=O)O)C5CCCOC5)C(=O)N4C3C(F)(F)F)nc(C(F)(F)F)cc2c1. The molecule has 65 heavy (non-hydrogen) atoms. The highest BCUT2D eigenvalue weighted by Crippen LogP contribution is 2.49. The quantitative estimate of drug-likeness (QED) is 0.200. The van der Waals surface area contributed by atoms with Crippen molar-refractivity contribution in [1.29, 1.82) is 0 Å². The number of pyridine rings is 1. The van der Waals surface area contributed by atoms with Gasteiger partial charge in [0.05, 0.1) is 19.8 Å². The summed E-state index contributed by atoms with van der Waals surface area (Å²) in [5.41, 5.74) is -3.68. The van der Waals surface area contributed by atoms with E-state index in [9.17, 15) is 45.5 Å². The van der Waals surface area contributed by atoms with Crippen molar-refractivity contribution in [3.05, 3.63) is 42.1 Å². The van der Waals surface area contributed by atoms with Crippen molar-refractivity contribution in [2.24, 2.45) is 17.8 Å². The molecule has 1 aromatic carbocycles. The maximum Gasteiger partial charge on any atom is 0.433 e. The fourth-order valence-electron chi connectivity index (χ4n) is 9.53. The number of rotatable bonds is 9. The Balaban J connectivity index is 1.37. The average molecular weight is 950 g/mol. The van der Waals surface area contributed by atoms with Gasteiger partial charge in [-0.3, -0.25) is 24.0 Å². The third kappa shape index (κ3) is 9.40. The fraction of sp³-hybridized carbons (Fsp3) is 0.643. The van der Waals surface area contributed by atoms with E-state index in [1.54, 1.807) is 19.1 Å². The Morgan fingerprint density at radius 1 is 1.09 bits per heavy atom. The van der Waals surface area contributed by atoms with Crippen LogP contribution in [0.2, 0.25) is 0 Å². The lowest BCUT2D eigenvalue weighted by molar-refractivity contribution is -0.200. The number of sulfonamides is 1. The van der Waals surface area contributed by atoms with Gasteiger partial charge in [0.15, 0.2) is 6.04 Å². The van der Waals surface area contributed by atoms with Crippen molar-refractivity contribution in [3.8, 4) is 11.6 Å². The Morgan fingerprint density at radius 3 is 2.42 bits per heavy atom. The molecule has 0 bridgehead atoms. The number of allylic oxidation sites excluding steroid dienone is 1. The van der Waals surface area contributed by atoms with Gasteiger partial charge in [0.1, 0.15) is 46.6 Å². The van der Waals surface area contributed by atoms with E-state index in [0.717, 1.165) is 4.90 Å². The largest absolute Gasteiger partial charge is 0.497 e. The molecule has 15 nitrogen and oxygen atoms in total. The standard InChI is InChI=1S/C42H50F7N5O10S/c1-22-7-4-5-8-25-19-40(25,37(57)52-65(60,61)39(21-43)12-13-39)51-34(55)29-18-30(64-35-28-11-10-27(62-3)16-24(28)17-31(50-35)41(44,45)46)33(42(47,48)49)54(29)36(56)32(23(2)15-22)53(38(58)59)26-9-6-14-63-20-26/h5,8,10-11,16-17,22-23,25-26,29-30,32-33H,4,6-7,9,12-15,18-21H2,1-3H3,(H,51,55)(H,52,57)(H,58,59)/b8-5-/t22-,23-,25-,26?,29+,30-,32+,33?,40-/m1/s1. The molecule has 4 amide bonds. The van der Waals surface area contributed by atoms with Crippen LogP contribution in [0.5, 0.6) is 11.6 Å². The highest BCUT2D eigenvalue weighted by molar-refractivity contribution is 7.91. The van der Waals surface area contributed by atoms with Gasteiger partial charge < -0.3 is 29.5 Å². The van der Waals surface area contributed by atoms with Crippen molar-refractivity contribution in [3.63, 3.8) is 0 Å². The Labute approximate surface area is 369 Å². The number of fused-ring (bicyclic) bond motifs is 3. The maximum absolute atomic E-state index is 15.9. The van der Waals surface area contributed by atoms with Gasteiger partial charge in [-0.25, -0.2) is 22.6 Å². The molecule has 1 aromatic heterocycles. The van der Waals surface area contributed by atoms with Crippen LogP contribution in [-0.2, 0) is 35.3 Å². The number of hydrogen-bond acceptors (Lipinski definition) is 10. The van der Waals surface area contributed by atoms with Crippen LogP contribution in [0.1, 0.15) is 77.3 Å². The molecule has 0 spiro atoms. The molecule has 2 saturated heterocycles. The maximum atomic E-state index is 15.9. The third-order valence-corrected chi connectivity index (χ3v) is 15.4. The van der Waals surface area contributed by atoms with Crippen LogP contribution < -0.4 is 19.5 Å². The third-order valence-electron chi connectivity index (χ3n) is 13.3. The highest BCUT2D eigenvalue weighted by atomic mass is 32.2. The second-order valence-corrected chi connectivity index (χ2v) is 20.0. The van der Waals surface area contributed by atoms with Crippen molar-refractivity contribution < 1.29 is 77.6 Å². The lowest BCUT2D eigenvalue weighted by atomic mass is 9.86. The first-order valence-corrected chi connectivity index (χ1v) is 22.8. The summed E-state index contributed by atoms with van der Waals surface area (Å²) >= 11 is 0. The molecule has 5 aliphatic rings. The van der Waals surface area contributed by atoms with Crippen LogP contribution in [-0.4, -0.2) is 126 Å². The summed E-state index contributed by atoms with van der Waals surface area (Å²) < 4.78 is 147. The van der Waals surface area contributed by atoms with Crippen molar-refractivity contribution >= 4 is 44.6 Å². The van der Waals surface area contributed by atoms with Gasteiger partial charge >= 0.3 is 18.4 Å². The molecular formula is C42H50F7N5O10S. The molecule has 0 radical (unpaired) electrons. The summed E-state index contributed by atoms with van der Waals surface area (Å²) in [5.74, 6) is -7.22. The molecule has 7 rings (SSSR count). The predicted molar refractivity (Wildman–Crippen MR) is 216 cm³/mol. The summed E-state index contributed by atoms with van der Waals surface area (Å²) in [6.07, 6.45) is -11.6. The molecule has 4 fully saturated rings. The summed E-state index contributed by atoms with van der Waals surface area (Å²) in [7, 11) is -3.44. The van der Waals surface area contributed by atoms with Crippen molar-refractivity contribution in [2.45, 2.75) is 125 Å². The minimum absolute atomic E-state index is 0.0850. The topological polar surface area (TPSA) is 194 Å². The predicted octanol–water partition coefficient (Wildman–Crippen LogP) is 5.90. The smallest absolute Gasteiger partial charge is 0.433 e. The molecule has 3 N–H and O–H groups in total. The van der Waals surface area contributed by atoms with Gasteiger partial charge in [-0.05, 0) is 92.9 Å². The Bertz CT molecular complexity index is 2320. The number of hydrogen-bond donors (Lipinski definition) is 3. The summed E-state index contributed by atoms with van der Waals surface area (Å²) in [6, 6.07) is -3.97. The molecule has 358 valence electrons. The van der Waals surface area contributed by atoms with Crippen molar-refractivity contribution in [1.82, 2.24) is 24.8 Å². The molecule has 2 aliphatic carbocycles. The number of amides is 4. The lowest BCUT2D eigenvalue weighted by Crippen LogP contribution is -2.64. The van der Waals surface area contributed by atoms with E-state index >= 15 is 18.0 Å². The number of methoxy groups -OCH3 is 1. The van der Waals surface area contributed by atoms with E-state index in [2.05, 4.69) is 10.3 Å². The fourth-order valence-corrected chi connectivity index (χ4v) is 11.0. The van der Waals surface area contributed by atoms with Crippen LogP contribution in [0.15, 0.2) is 36.4 Å². The zero-order valence-electron chi connectivity index (χ0n) is 35.6. The van der Waals surface area contributed by atoms with Crippen LogP contribution in [0.3, 0.4) is 0 Å². The van der Waals surface area contributed by atoms with Crippen LogP contribution >= 0.6 is 0 Å². The first kappa shape index (κ1) is 48.0. The van der Waals surface area contributed by atoms with Crippen LogP contribution in [0, 0.1) is 17.8 Å². The molecular weight excluding hydrogens is 900 g/mol. The Kier molecular flexibility index (Phi) is 13.1. The number of ether oxygens (including phenoxy) is 3. The normalized spacial score (nSPS) is 31.3. The first-order chi connectivity index (χ1) is 30.5. The number of carbonyl (C=O) groups excluding carboxylic acids is 3. The molecule has 9 atom stereocenters. The molecule has 4 heterocycles. The Hall–Kier alpha value is -4.93. The minimum Gasteiger partial charge on any atom is -0.497 e. The number of carbonyl (C=O) groups is 4.